The van der Waals surface area contributed by atoms with Gasteiger partial charge in [0.2, 0.25) is 0 Å². The van der Waals surface area contributed by atoms with Gasteiger partial charge in [0.25, 0.3) is 0 Å². The van der Waals surface area contributed by atoms with E-state index in [-0.39, 0.29) is 23.7 Å². The molecular formula is C32H27F3O5. The second kappa shape index (κ2) is 12.0. The number of carbonyl (C=O) groups excluding carboxylic acids is 1. The molecule has 0 heterocycles. The van der Waals surface area contributed by atoms with Crippen LogP contribution in [0.25, 0.3) is 5.57 Å². The van der Waals surface area contributed by atoms with Gasteiger partial charge in [-0.15, -0.1) is 0 Å². The fourth-order valence-corrected chi connectivity index (χ4v) is 3.73. The zero-order valence-corrected chi connectivity index (χ0v) is 22.2. The van der Waals surface area contributed by atoms with Crippen LogP contribution in [0.3, 0.4) is 0 Å². The Morgan fingerprint density at radius 2 is 1.43 bits per heavy atom. The van der Waals surface area contributed by atoms with E-state index in [4.69, 9.17) is 18.9 Å². The van der Waals surface area contributed by atoms with E-state index < -0.39 is 17.7 Å². The second-order valence-corrected chi connectivity index (χ2v) is 8.89. The van der Waals surface area contributed by atoms with Crippen molar-refractivity contribution in [2.45, 2.75) is 26.9 Å². The summed E-state index contributed by atoms with van der Waals surface area (Å²) in [6.45, 7) is 9.38. The lowest BCUT2D eigenvalue weighted by atomic mass is 10.1. The first-order valence-electron chi connectivity index (χ1n) is 12.4. The summed E-state index contributed by atoms with van der Waals surface area (Å²) in [7, 11) is 0. The molecule has 0 aromatic heterocycles. The number of halogens is 3. The molecule has 0 aliphatic heterocycles. The predicted octanol–water partition coefficient (Wildman–Crippen LogP) is 9.28. The molecule has 40 heavy (non-hydrogen) atoms. The minimum atomic E-state index is -4.56. The Hall–Kier alpha value is -4.72. The Balaban J connectivity index is 1.62. The Morgan fingerprint density at radius 1 is 0.725 bits per heavy atom. The van der Waals surface area contributed by atoms with Crippen molar-refractivity contribution in [1.82, 2.24) is 0 Å². The van der Waals surface area contributed by atoms with Gasteiger partial charge in [0.15, 0.2) is 11.5 Å². The Labute approximate surface area is 230 Å². The maximum absolute atomic E-state index is 13.5. The Bertz CT molecular complexity index is 1540. The van der Waals surface area contributed by atoms with Crippen LogP contribution in [0.1, 0.15) is 29.2 Å². The fourth-order valence-electron chi connectivity index (χ4n) is 3.73. The number of alkyl halides is 3. The largest absolute Gasteiger partial charge is 0.462 e. The van der Waals surface area contributed by atoms with Crippen LogP contribution >= 0.6 is 0 Å². The second-order valence-electron chi connectivity index (χ2n) is 8.89. The number of rotatable bonds is 9. The summed E-state index contributed by atoms with van der Waals surface area (Å²) < 4.78 is 63.3. The number of para-hydroxylation sites is 1. The lowest BCUT2D eigenvalue weighted by molar-refractivity contribution is -0.138. The zero-order chi connectivity index (χ0) is 28.9. The molecule has 206 valence electrons. The molecule has 0 N–H and O–H groups in total. The first-order chi connectivity index (χ1) is 19.0. The maximum atomic E-state index is 13.5. The molecule has 0 aliphatic carbocycles. The third-order valence-electron chi connectivity index (χ3n) is 5.90. The molecule has 4 rings (SSSR count). The molecule has 0 fully saturated rings. The zero-order valence-electron chi connectivity index (χ0n) is 22.2. The molecule has 0 spiro atoms. The highest BCUT2D eigenvalue weighted by Crippen LogP contribution is 2.41. The SMILES string of the molecule is C=C(C(=O)OCC)c1cccc(Oc2cc(Oc3ccc(C(F)(F)F)cc3Oc3ccccc3C)ccc2C)c1. The third-order valence-corrected chi connectivity index (χ3v) is 5.90. The average molecular weight is 549 g/mol. The molecule has 0 atom stereocenters. The molecule has 0 saturated carbocycles. The van der Waals surface area contributed by atoms with Crippen molar-refractivity contribution in [3.05, 3.63) is 114 Å². The monoisotopic (exact) mass is 548 g/mol. The number of benzene rings is 4. The minimum absolute atomic E-state index is 0.0858. The van der Waals surface area contributed by atoms with Gasteiger partial charge in [-0.2, -0.15) is 13.2 Å². The van der Waals surface area contributed by atoms with E-state index in [0.717, 1.165) is 23.3 Å². The van der Waals surface area contributed by atoms with Gasteiger partial charge in [0.05, 0.1) is 17.7 Å². The quantitative estimate of drug-likeness (QED) is 0.154. The summed E-state index contributed by atoms with van der Waals surface area (Å²) in [4.78, 5) is 12.1. The molecule has 0 saturated heterocycles. The minimum Gasteiger partial charge on any atom is -0.462 e. The van der Waals surface area contributed by atoms with Crippen LogP contribution < -0.4 is 14.2 Å². The summed E-state index contributed by atoms with van der Waals surface area (Å²) >= 11 is 0. The van der Waals surface area contributed by atoms with Crippen LogP contribution in [0, 0.1) is 13.8 Å². The number of hydrogen-bond acceptors (Lipinski definition) is 5. The molecule has 4 aromatic rings. The van der Waals surface area contributed by atoms with Gasteiger partial charge >= 0.3 is 12.1 Å². The molecule has 0 amide bonds. The first-order valence-corrected chi connectivity index (χ1v) is 12.4. The van der Waals surface area contributed by atoms with Crippen molar-refractivity contribution in [3.8, 4) is 34.5 Å². The van der Waals surface area contributed by atoms with E-state index in [1.54, 1.807) is 74.5 Å². The van der Waals surface area contributed by atoms with Crippen molar-refractivity contribution in [3.63, 3.8) is 0 Å². The van der Waals surface area contributed by atoms with Gasteiger partial charge in [-0.1, -0.05) is 43.0 Å². The molecule has 0 aliphatic rings. The number of hydrogen-bond donors (Lipinski definition) is 0. The topological polar surface area (TPSA) is 54.0 Å². The summed E-state index contributed by atoms with van der Waals surface area (Å²) in [5.41, 5.74) is 1.42. The van der Waals surface area contributed by atoms with E-state index in [0.29, 0.717) is 28.6 Å². The van der Waals surface area contributed by atoms with Gasteiger partial charge in [0.1, 0.15) is 23.0 Å². The number of ether oxygens (including phenoxy) is 4. The molecule has 0 radical (unpaired) electrons. The normalized spacial score (nSPS) is 11.1. The molecule has 4 aromatic carbocycles. The van der Waals surface area contributed by atoms with Gasteiger partial charge in [-0.05, 0) is 79.9 Å². The summed E-state index contributed by atoms with van der Waals surface area (Å²) in [6.07, 6.45) is -4.56. The number of esters is 1. The van der Waals surface area contributed by atoms with Crippen LogP contribution in [0.2, 0.25) is 0 Å². The maximum Gasteiger partial charge on any atom is 0.416 e. The molecule has 8 heteroatoms. The highest BCUT2D eigenvalue weighted by atomic mass is 19.4. The lowest BCUT2D eigenvalue weighted by Crippen LogP contribution is -2.05. The molecule has 0 bridgehead atoms. The average Bonchev–Trinajstić information content (AvgIpc) is 2.92. The Morgan fingerprint density at radius 3 is 2.15 bits per heavy atom. The van der Waals surface area contributed by atoms with E-state index in [1.165, 1.54) is 6.07 Å². The van der Waals surface area contributed by atoms with Crippen LogP contribution in [-0.4, -0.2) is 12.6 Å². The van der Waals surface area contributed by atoms with Crippen molar-refractivity contribution >= 4 is 11.5 Å². The van der Waals surface area contributed by atoms with Crippen molar-refractivity contribution in [2.24, 2.45) is 0 Å². The summed E-state index contributed by atoms with van der Waals surface area (Å²) in [5, 5.41) is 0. The van der Waals surface area contributed by atoms with Crippen LogP contribution in [0.5, 0.6) is 34.5 Å². The predicted molar refractivity (Wildman–Crippen MR) is 146 cm³/mol. The summed E-state index contributed by atoms with van der Waals surface area (Å²) in [6, 6.07) is 22.0. The smallest absolute Gasteiger partial charge is 0.416 e. The van der Waals surface area contributed by atoms with Gasteiger partial charge in [0, 0.05) is 6.07 Å². The third kappa shape index (κ3) is 6.83. The van der Waals surface area contributed by atoms with E-state index in [2.05, 4.69) is 6.58 Å². The number of carbonyl (C=O) groups is 1. The lowest BCUT2D eigenvalue weighted by Gasteiger charge is -2.17. The standard InChI is InChI=1S/C32H27F3O5/c1-5-37-31(36)22(4)23-10-8-11-25(17-23)39-29-19-26(15-13-21(29)3)38-28-16-14-24(32(33,34)35)18-30(28)40-27-12-7-6-9-20(27)2/h6-19H,4-5H2,1-3H3. The van der Waals surface area contributed by atoms with Crippen molar-refractivity contribution < 1.29 is 36.9 Å². The van der Waals surface area contributed by atoms with Gasteiger partial charge < -0.3 is 18.9 Å². The van der Waals surface area contributed by atoms with Crippen LogP contribution in [0.15, 0.2) is 91.5 Å². The van der Waals surface area contributed by atoms with E-state index >= 15 is 0 Å². The molecular weight excluding hydrogens is 521 g/mol. The fraction of sp³-hybridized carbons (Fsp3) is 0.156. The first kappa shape index (κ1) is 28.3. The highest BCUT2D eigenvalue weighted by Gasteiger charge is 2.32. The highest BCUT2D eigenvalue weighted by molar-refractivity contribution is 6.15. The van der Waals surface area contributed by atoms with Crippen LogP contribution in [0.4, 0.5) is 13.2 Å². The molecule has 0 unspecified atom stereocenters. The Kier molecular flexibility index (Phi) is 8.48. The van der Waals surface area contributed by atoms with Crippen LogP contribution in [-0.2, 0) is 15.7 Å². The van der Waals surface area contributed by atoms with E-state index in [9.17, 15) is 18.0 Å². The van der Waals surface area contributed by atoms with E-state index in [1.807, 2.05) is 13.0 Å². The van der Waals surface area contributed by atoms with Gasteiger partial charge in [-0.3, -0.25) is 0 Å². The summed E-state index contributed by atoms with van der Waals surface area (Å²) in [5.74, 6) is 1.11. The van der Waals surface area contributed by atoms with Crippen molar-refractivity contribution in [2.75, 3.05) is 6.61 Å². The molecule has 5 nitrogen and oxygen atoms in total. The van der Waals surface area contributed by atoms with Crippen molar-refractivity contribution in [1.29, 1.82) is 0 Å². The number of aryl methyl sites for hydroxylation is 2. The van der Waals surface area contributed by atoms with Gasteiger partial charge in [-0.25, -0.2) is 4.79 Å².